The number of rotatable bonds is 7. The second-order valence-corrected chi connectivity index (χ2v) is 8.22. The maximum Gasteiger partial charge on any atom is 0.309 e. The molecule has 0 aliphatic rings. The smallest absolute Gasteiger partial charge is 0.309 e. The van der Waals surface area contributed by atoms with E-state index in [0.29, 0.717) is 34.0 Å². The fourth-order valence-corrected chi connectivity index (χ4v) is 3.94. The summed E-state index contributed by atoms with van der Waals surface area (Å²) in [4.78, 5) is 37.7. The Balaban J connectivity index is 2.04. The summed E-state index contributed by atoms with van der Waals surface area (Å²) in [5, 5.41) is 12.8. The Hall–Kier alpha value is -3.38. The lowest BCUT2D eigenvalue weighted by molar-refractivity contribution is -0.136. The number of hydrogen-bond acceptors (Lipinski definition) is 3. The van der Waals surface area contributed by atoms with Crippen LogP contribution in [-0.2, 0) is 18.3 Å². The molecule has 0 fully saturated rings. The third-order valence-electron chi connectivity index (χ3n) is 5.58. The molecule has 166 valence electrons. The zero-order valence-corrected chi connectivity index (χ0v) is 18.9. The molecule has 0 bridgehead atoms. The summed E-state index contributed by atoms with van der Waals surface area (Å²) in [5.41, 5.74) is 2.57. The zero-order chi connectivity index (χ0) is 23.4. The first-order valence-corrected chi connectivity index (χ1v) is 10.6. The van der Waals surface area contributed by atoms with Crippen molar-refractivity contribution >= 4 is 23.5 Å². The van der Waals surface area contributed by atoms with Crippen LogP contribution in [0.3, 0.4) is 0 Å². The van der Waals surface area contributed by atoms with Gasteiger partial charge in [0.15, 0.2) is 0 Å². The van der Waals surface area contributed by atoms with Crippen molar-refractivity contribution in [2.75, 3.05) is 6.54 Å². The van der Waals surface area contributed by atoms with Gasteiger partial charge in [0, 0.05) is 29.9 Å². The Labute approximate surface area is 191 Å². The van der Waals surface area contributed by atoms with Gasteiger partial charge in [-0.3, -0.25) is 14.4 Å². The molecule has 0 spiro atoms. The van der Waals surface area contributed by atoms with Gasteiger partial charge in [0.05, 0.1) is 6.42 Å². The number of halogens is 1. The van der Waals surface area contributed by atoms with Crippen molar-refractivity contribution in [3.8, 4) is 11.1 Å². The number of hydrogen-bond donors (Lipinski definition) is 2. The van der Waals surface area contributed by atoms with E-state index >= 15 is 0 Å². The molecule has 1 atom stereocenters. The number of aromatic nitrogens is 1. The predicted octanol–water partition coefficient (Wildman–Crippen LogP) is 4.17. The molecule has 6 nitrogen and oxygen atoms in total. The lowest BCUT2D eigenvalue weighted by atomic mass is 9.93. The molecule has 3 rings (SSSR count). The maximum atomic E-state index is 13.1. The van der Waals surface area contributed by atoms with Crippen LogP contribution in [0, 0.1) is 6.92 Å². The molecule has 0 aliphatic carbocycles. The normalized spacial score (nSPS) is 11.8. The molecule has 0 unspecified atom stereocenters. The minimum Gasteiger partial charge on any atom is -0.481 e. The summed E-state index contributed by atoms with van der Waals surface area (Å²) < 4.78 is 1.25. The average molecular weight is 453 g/mol. The van der Waals surface area contributed by atoms with Crippen LogP contribution in [-0.4, -0.2) is 28.1 Å². The first-order valence-electron chi connectivity index (χ1n) is 10.2. The Bertz CT molecular complexity index is 1200. The highest BCUT2D eigenvalue weighted by Crippen LogP contribution is 2.30. The number of carboxylic acid groups (broad SMARTS) is 1. The summed E-state index contributed by atoms with van der Waals surface area (Å²) in [6.07, 6.45) is -0.350. The number of pyridine rings is 1. The molecular weight excluding hydrogens is 428 g/mol. The summed E-state index contributed by atoms with van der Waals surface area (Å²) in [6.45, 7) is 4.03. The average Bonchev–Trinajstić information content (AvgIpc) is 2.77. The summed E-state index contributed by atoms with van der Waals surface area (Å²) in [6, 6.07) is 16.7. The third kappa shape index (κ3) is 4.92. The van der Waals surface area contributed by atoms with Crippen LogP contribution in [0.4, 0.5) is 0 Å². The fraction of sp³-hybridized carbons (Fsp3) is 0.240. The number of carbonyl (C=O) groups is 2. The molecule has 0 saturated carbocycles. The molecule has 0 saturated heterocycles. The van der Waals surface area contributed by atoms with Crippen molar-refractivity contribution in [1.82, 2.24) is 9.88 Å². The van der Waals surface area contributed by atoms with Crippen LogP contribution in [0.15, 0.2) is 59.4 Å². The minimum absolute atomic E-state index is 0.00634. The van der Waals surface area contributed by atoms with E-state index in [4.69, 9.17) is 11.6 Å². The van der Waals surface area contributed by atoms with Crippen molar-refractivity contribution in [1.29, 1.82) is 0 Å². The topological polar surface area (TPSA) is 88.4 Å². The summed E-state index contributed by atoms with van der Waals surface area (Å²) in [5.74, 6) is -1.49. The van der Waals surface area contributed by atoms with Crippen molar-refractivity contribution in [2.24, 2.45) is 7.05 Å². The lowest BCUT2D eigenvalue weighted by Gasteiger charge is -2.20. The van der Waals surface area contributed by atoms with E-state index in [0.717, 1.165) is 5.56 Å². The molecule has 7 heteroatoms. The highest BCUT2D eigenvalue weighted by molar-refractivity contribution is 6.30. The zero-order valence-electron chi connectivity index (χ0n) is 18.2. The van der Waals surface area contributed by atoms with Crippen molar-refractivity contribution in [3.63, 3.8) is 0 Å². The Morgan fingerprint density at radius 1 is 1.09 bits per heavy atom. The third-order valence-corrected chi connectivity index (χ3v) is 5.83. The Kier molecular flexibility index (Phi) is 7.15. The highest BCUT2D eigenvalue weighted by Gasteiger charge is 2.24. The molecule has 1 amide bonds. The highest BCUT2D eigenvalue weighted by atomic mass is 35.5. The van der Waals surface area contributed by atoms with E-state index in [9.17, 15) is 19.5 Å². The fourth-order valence-electron chi connectivity index (χ4n) is 3.81. The molecule has 0 radical (unpaired) electrons. The van der Waals surface area contributed by atoms with Gasteiger partial charge in [-0.05, 0) is 41.7 Å². The van der Waals surface area contributed by atoms with Gasteiger partial charge >= 0.3 is 5.97 Å². The molecule has 1 heterocycles. The van der Waals surface area contributed by atoms with Crippen LogP contribution in [0.1, 0.15) is 40.0 Å². The van der Waals surface area contributed by atoms with Gasteiger partial charge in [-0.2, -0.15) is 0 Å². The van der Waals surface area contributed by atoms with Gasteiger partial charge < -0.3 is 15.0 Å². The van der Waals surface area contributed by atoms with Crippen molar-refractivity contribution in [3.05, 3.63) is 92.4 Å². The number of carbonyl (C=O) groups excluding carboxylic acids is 1. The van der Waals surface area contributed by atoms with Gasteiger partial charge in [0.2, 0.25) is 0 Å². The van der Waals surface area contributed by atoms with E-state index in [-0.39, 0.29) is 17.9 Å². The number of amides is 1. The van der Waals surface area contributed by atoms with Gasteiger partial charge in [-0.1, -0.05) is 61.0 Å². The van der Waals surface area contributed by atoms with Crippen LogP contribution < -0.4 is 10.9 Å². The molecule has 3 aromatic rings. The van der Waals surface area contributed by atoms with E-state index in [2.05, 4.69) is 5.32 Å². The number of nitrogens with zero attached hydrogens (tertiary/aromatic N) is 1. The van der Waals surface area contributed by atoms with Crippen LogP contribution in [0.25, 0.3) is 11.1 Å². The van der Waals surface area contributed by atoms with Crippen LogP contribution >= 0.6 is 11.6 Å². The summed E-state index contributed by atoms with van der Waals surface area (Å²) >= 11 is 6.01. The largest absolute Gasteiger partial charge is 0.481 e. The van der Waals surface area contributed by atoms with E-state index < -0.39 is 17.4 Å². The van der Waals surface area contributed by atoms with Gasteiger partial charge in [-0.15, -0.1) is 0 Å². The van der Waals surface area contributed by atoms with E-state index in [1.165, 1.54) is 11.6 Å². The lowest BCUT2D eigenvalue weighted by Crippen LogP contribution is -2.37. The first-order chi connectivity index (χ1) is 15.2. The van der Waals surface area contributed by atoms with Gasteiger partial charge in [0.1, 0.15) is 5.56 Å². The molecule has 0 aliphatic heterocycles. The van der Waals surface area contributed by atoms with E-state index in [1.807, 2.05) is 37.3 Å². The number of benzene rings is 2. The second-order valence-electron chi connectivity index (χ2n) is 7.79. The molecular formula is C25H25ClN2O4. The van der Waals surface area contributed by atoms with Crippen LogP contribution in [0.5, 0.6) is 0 Å². The van der Waals surface area contributed by atoms with Crippen molar-refractivity contribution in [2.45, 2.75) is 26.2 Å². The Morgan fingerprint density at radius 2 is 1.72 bits per heavy atom. The quantitative estimate of drug-likeness (QED) is 0.563. The second kappa shape index (κ2) is 9.83. The van der Waals surface area contributed by atoms with Gasteiger partial charge in [-0.25, -0.2) is 0 Å². The number of carboxylic acids is 1. The molecule has 1 aromatic heterocycles. The van der Waals surface area contributed by atoms with E-state index in [1.54, 1.807) is 31.2 Å². The number of nitrogens with one attached hydrogen (secondary N) is 1. The molecule has 32 heavy (non-hydrogen) atoms. The minimum atomic E-state index is -1.07. The van der Waals surface area contributed by atoms with Crippen molar-refractivity contribution < 1.29 is 14.7 Å². The maximum absolute atomic E-state index is 13.1. The molecule has 2 aromatic carbocycles. The Morgan fingerprint density at radius 3 is 2.31 bits per heavy atom. The standard InChI is InChI=1S/C25H25ClN2O4/c1-15(17-7-5-4-6-8-17)14-27-24(31)23-16(2)22(18-9-11-19(26)12-10-18)20(13-21(29)30)28(3)25(23)32/h4-12,15H,13-14H2,1-3H3,(H,27,31)(H,29,30)/t15-/m1/s1. The number of aliphatic carboxylic acids is 1. The SMILES string of the molecule is Cc1c(-c2ccc(Cl)cc2)c(CC(=O)O)n(C)c(=O)c1C(=O)NC[C@@H](C)c1ccccc1. The first kappa shape index (κ1) is 23.3. The molecule has 2 N–H and O–H groups in total. The monoisotopic (exact) mass is 452 g/mol. The predicted molar refractivity (Wildman–Crippen MR) is 125 cm³/mol. The summed E-state index contributed by atoms with van der Waals surface area (Å²) in [7, 11) is 1.49. The van der Waals surface area contributed by atoms with Crippen LogP contribution in [0.2, 0.25) is 5.02 Å². The van der Waals surface area contributed by atoms with Gasteiger partial charge in [0.25, 0.3) is 11.5 Å².